The summed E-state index contributed by atoms with van der Waals surface area (Å²) >= 11 is 0. The van der Waals surface area contributed by atoms with E-state index < -0.39 is 0 Å². The minimum Gasteiger partial charge on any atom is -0.294 e. The monoisotopic (exact) mass is 203 g/mol. The molecule has 1 atom stereocenters. The molecule has 0 amide bonds. The number of rotatable bonds is 1. The van der Waals surface area contributed by atoms with Crippen molar-refractivity contribution in [3.63, 3.8) is 0 Å². The molecule has 0 aromatic heterocycles. The lowest BCUT2D eigenvalue weighted by atomic mass is 9.84. The van der Waals surface area contributed by atoms with Gasteiger partial charge in [0.15, 0.2) is 5.78 Å². The molecule has 0 saturated heterocycles. The lowest BCUT2D eigenvalue weighted by molar-refractivity contribution is 0.0857. The van der Waals surface area contributed by atoms with Gasteiger partial charge in [-0.05, 0) is 30.4 Å². The molecule has 1 heteroatoms. The molecule has 0 aliphatic heterocycles. The van der Waals surface area contributed by atoms with Gasteiger partial charge in [0.2, 0.25) is 0 Å². The normalized spacial score (nSPS) is 21.0. The summed E-state index contributed by atoms with van der Waals surface area (Å²) in [7, 11) is 0. The van der Waals surface area contributed by atoms with Gasteiger partial charge in [-0.2, -0.15) is 0 Å². The molecule has 0 heterocycles. The van der Waals surface area contributed by atoms with Crippen LogP contribution in [0.1, 0.15) is 50.0 Å². The lowest BCUT2D eigenvalue weighted by Gasteiger charge is -2.18. The topological polar surface area (TPSA) is 17.1 Å². The number of hydrogen-bond donors (Lipinski definition) is 0. The van der Waals surface area contributed by atoms with E-state index in [2.05, 4.69) is 0 Å². The van der Waals surface area contributed by atoms with Crippen LogP contribution < -0.4 is 0 Å². The highest BCUT2D eigenvalue weighted by molar-refractivity contribution is 6.01. The first-order chi connectivity index (χ1) is 7.41. The zero-order chi connectivity index (χ0) is 11.9. The molecule has 0 bridgehead atoms. The molecule has 1 aromatic rings. The van der Waals surface area contributed by atoms with E-state index in [1.807, 2.05) is 39.0 Å². The average molecular weight is 203 g/mol. The Morgan fingerprint density at radius 1 is 1.40 bits per heavy atom. The van der Waals surface area contributed by atoms with Crippen molar-refractivity contribution >= 4 is 5.78 Å². The van der Waals surface area contributed by atoms with Crippen molar-refractivity contribution in [2.45, 2.75) is 40.0 Å². The number of carbonyl (C=O) groups is 1. The molecular weight excluding hydrogens is 184 g/mol. The minimum absolute atomic E-state index is 0.156. The second-order valence-corrected chi connectivity index (χ2v) is 5.20. The Morgan fingerprint density at radius 3 is 2.80 bits per heavy atom. The highest BCUT2D eigenvalue weighted by atomic mass is 16.1. The summed E-state index contributed by atoms with van der Waals surface area (Å²) in [6.07, 6.45) is 1.58. The number of fused-ring (bicyclic) bond motifs is 1. The van der Waals surface area contributed by atoms with E-state index >= 15 is 0 Å². The summed E-state index contributed by atoms with van der Waals surface area (Å²) in [5.74, 6) is 0.156. The molecule has 0 N–H and O–H groups in total. The Hall–Kier alpha value is -1.11. The molecule has 0 spiro atoms. The van der Waals surface area contributed by atoms with Gasteiger partial charge < -0.3 is 0 Å². The van der Waals surface area contributed by atoms with Crippen molar-refractivity contribution in [1.29, 1.82) is 0 Å². The molecule has 0 radical (unpaired) electrons. The molecule has 1 aromatic carbocycles. The highest BCUT2D eigenvalue weighted by Gasteiger charge is 2.26. The average Bonchev–Trinajstić information content (AvgIpc) is 2.58. The Bertz CT molecular complexity index is 429. The first kappa shape index (κ1) is 9.14. The number of carbonyl (C=O) groups excluding carboxylic acids is 1. The minimum atomic E-state index is -0.364. The molecule has 1 aliphatic rings. The molecule has 15 heavy (non-hydrogen) atoms. The van der Waals surface area contributed by atoms with Gasteiger partial charge in [0, 0.05) is 12.3 Å². The van der Waals surface area contributed by atoms with E-state index in [1.54, 1.807) is 0 Å². The summed E-state index contributed by atoms with van der Waals surface area (Å²) < 4.78 is 8.00. The van der Waals surface area contributed by atoms with Crippen LogP contribution in [0, 0.1) is 5.41 Å². The van der Waals surface area contributed by atoms with Gasteiger partial charge in [-0.15, -0.1) is 0 Å². The van der Waals surface area contributed by atoms with Gasteiger partial charge in [-0.3, -0.25) is 4.79 Å². The molecule has 1 unspecified atom stereocenters. The van der Waals surface area contributed by atoms with Crippen molar-refractivity contribution in [2.75, 3.05) is 0 Å². The predicted molar refractivity (Wildman–Crippen MR) is 62.3 cm³/mol. The first-order valence-electron chi connectivity index (χ1n) is 6.08. The van der Waals surface area contributed by atoms with Gasteiger partial charge in [0.25, 0.3) is 0 Å². The number of benzene rings is 1. The number of aryl methyl sites for hydroxylation is 1. The quantitative estimate of drug-likeness (QED) is 0.639. The zero-order valence-corrected chi connectivity index (χ0v) is 9.63. The van der Waals surface area contributed by atoms with Crippen LogP contribution in [0.4, 0.5) is 0 Å². The maximum Gasteiger partial charge on any atom is 0.168 e. The fraction of sp³-hybridized carbons (Fsp3) is 0.500. The Labute approximate surface area is 92.9 Å². The van der Waals surface area contributed by atoms with Crippen LogP contribution in [0.2, 0.25) is 0 Å². The Morgan fingerprint density at radius 2 is 2.13 bits per heavy atom. The number of hydrogen-bond acceptors (Lipinski definition) is 1. The van der Waals surface area contributed by atoms with Crippen molar-refractivity contribution < 1.29 is 6.17 Å². The van der Waals surface area contributed by atoms with E-state index in [0.29, 0.717) is 0 Å². The van der Waals surface area contributed by atoms with E-state index in [0.717, 1.165) is 24.0 Å². The maximum absolute atomic E-state index is 12.3. The van der Waals surface area contributed by atoms with Crippen LogP contribution in [0.15, 0.2) is 18.2 Å². The van der Waals surface area contributed by atoms with E-state index in [9.17, 15) is 4.79 Å². The summed E-state index contributed by atoms with van der Waals surface area (Å²) in [6, 6.07) is 5.86. The molecule has 0 saturated carbocycles. The van der Waals surface area contributed by atoms with Crippen molar-refractivity contribution in [2.24, 2.45) is 5.41 Å². The summed E-state index contributed by atoms with van der Waals surface area (Å²) in [6.45, 7) is 5.80. The van der Waals surface area contributed by atoms with Gasteiger partial charge >= 0.3 is 0 Å². The van der Waals surface area contributed by atoms with Crippen molar-refractivity contribution in [3.8, 4) is 0 Å². The van der Waals surface area contributed by atoms with Crippen LogP contribution >= 0.6 is 0 Å². The molecule has 1 aliphatic carbocycles. The lowest BCUT2D eigenvalue weighted by Crippen LogP contribution is -2.21. The summed E-state index contributed by atoms with van der Waals surface area (Å²) in [5.41, 5.74) is 2.57. The third-order valence-corrected chi connectivity index (χ3v) is 2.88. The van der Waals surface area contributed by atoms with E-state index in [-0.39, 0.29) is 17.6 Å². The summed E-state index contributed by atoms with van der Waals surface area (Å²) in [4.78, 5) is 12.3. The van der Waals surface area contributed by atoms with Gasteiger partial charge in [0.1, 0.15) is 0 Å². The third-order valence-electron chi connectivity index (χ3n) is 2.88. The summed E-state index contributed by atoms with van der Waals surface area (Å²) in [5, 5.41) is 0. The van der Waals surface area contributed by atoms with Gasteiger partial charge in [-0.25, -0.2) is 0 Å². The van der Waals surface area contributed by atoms with Crippen molar-refractivity contribution in [3.05, 3.63) is 34.9 Å². The van der Waals surface area contributed by atoms with Crippen LogP contribution in [0.5, 0.6) is 0 Å². The van der Waals surface area contributed by atoms with Gasteiger partial charge in [0.05, 0.1) is 0 Å². The fourth-order valence-corrected chi connectivity index (χ4v) is 2.05. The van der Waals surface area contributed by atoms with Crippen LogP contribution in [-0.2, 0) is 12.8 Å². The zero-order valence-electron chi connectivity index (χ0n) is 10.6. The number of Topliss-reactive ketones (excluding diaryl/α,β-unsaturated/α-hetero) is 1. The number of ketones is 1. The molecule has 0 fully saturated rings. The first-order valence-corrected chi connectivity index (χ1v) is 5.50. The maximum atomic E-state index is 12.3. The van der Waals surface area contributed by atoms with Crippen molar-refractivity contribution in [1.82, 2.24) is 0 Å². The second-order valence-electron chi connectivity index (χ2n) is 5.20. The standard InChI is InChI=1S/C14H18O/c1-14(2,3)13(15)12-9-5-7-10-6-4-8-11(10)12/h5,7,9H,4,6,8H2,1-3H3/i8D. The van der Waals surface area contributed by atoms with Gasteiger partial charge in [-0.1, -0.05) is 39.0 Å². The molecule has 1 nitrogen and oxygen atoms in total. The smallest absolute Gasteiger partial charge is 0.168 e. The van der Waals surface area contributed by atoms with E-state index in [4.69, 9.17) is 1.37 Å². The second kappa shape index (κ2) is 3.48. The van der Waals surface area contributed by atoms with Crippen LogP contribution in [0.25, 0.3) is 0 Å². The Balaban J connectivity index is 2.51. The molecule has 2 rings (SSSR count). The van der Waals surface area contributed by atoms with Crippen LogP contribution in [-0.4, -0.2) is 5.78 Å². The Kier molecular flexibility index (Phi) is 2.12. The largest absolute Gasteiger partial charge is 0.294 e. The van der Waals surface area contributed by atoms with Crippen LogP contribution in [0.3, 0.4) is 0 Å². The predicted octanol–water partition coefficient (Wildman–Crippen LogP) is 3.40. The molecule has 80 valence electrons. The molecular formula is C14H18O. The SMILES string of the molecule is [2H]C1CCc2cccc(C(=O)C(C)(C)C)c21. The third kappa shape index (κ3) is 1.83. The fourth-order valence-electron chi connectivity index (χ4n) is 2.05. The highest BCUT2D eigenvalue weighted by Crippen LogP contribution is 2.29. The van der Waals surface area contributed by atoms with E-state index in [1.165, 1.54) is 5.56 Å².